The van der Waals surface area contributed by atoms with E-state index < -0.39 is 12.1 Å². The average molecular weight is 441 g/mol. The number of halogens is 3. The van der Waals surface area contributed by atoms with Crippen LogP contribution in [0.4, 0.5) is 19.0 Å². The highest BCUT2D eigenvalue weighted by Gasteiger charge is 2.45. The van der Waals surface area contributed by atoms with Crippen molar-refractivity contribution >= 4 is 17.7 Å². The van der Waals surface area contributed by atoms with Gasteiger partial charge < -0.3 is 24.5 Å². The second-order valence-corrected chi connectivity index (χ2v) is 7.30. The molecule has 2 fully saturated rings. The number of furan rings is 1. The number of alkyl halides is 3. The Balaban J connectivity index is 0.000000339. The summed E-state index contributed by atoms with van der Waals surface area (Å²) >= 11 is 0. The van der Waals surface area contributed by atoms with Gasteiger partial charge in [0.2, 0.25) is 0 Å². The van der Waals surface area contributed by atoms with Gasteiger partial charge in [-0.1, -0.05) is 6.07 Å². The predicted octanol–water partition coefficient (Wildman–Crippen LogP) is 2.82. The zero-order valence-electron chi connectivity index (χ0n) is 16.6. The minimum Gasteiger partial charge on any atom is -0.475 e. The van der Waals surface area contributed by atoms with Gasteiger partial charge in [-0.2, -0.15) is 13.2 Å². The van der Waals surface area contributed by atoms with E-state index in [9.17, 15) is 18.0 Å². The zero-order valence-corrected chi connectivity index (χ0v) is 16.6. The van der Waals surface area contributed by atoms with Gasteiger partial charge in [0, 0.05) is 37.7 Å². The van der Waals surface area contributed by atoms with E-state index in [4.69, 9.17) is 19.1 Å². The van der Waals surface area contributed by atoms with Gasteiger partial charge in [-0.05, 0) is 25.1 Å². The first-order valence-electron chi connectivity index (χ1n) is 9.56. The maximum absolute atomic E-state index is 12.6. The lowest BCUT2D eigenvalue weighted by Gasteiger charge is -2.20. The SMILES string of the molecule is Cc1occc1C(=O)N1C[C@@H]2[C@@H](CNc3ccccn3)CO[C@@H]2C1.O=C(O)C(F)(F)F. The highest BCUT2D eigenvalue weighted by molar-refractivity contribution is 5.95. The molecule has 0 spiro atoms. The first-order valence-corrected chi connectivity index (χ1v) is 9.56. The van der Waals surface area contributed by atoms with Gasteiger partial charge in [-0.25, -0.2) is 9.78 Å². The number of aromatic nitrogens is 1. The number of carbonyl (C=O) groups excluding carboxylic acids is 1. The van der Waals surface area contributed by atoms with Crippen LogP contribution in [0.2, 0.25) is 0 Å². The summed E-state index contributed by atoms with van der Waals surface area (Å²) in [6.45, 7) is 4.77. The zero-order chi connectivity index (χ0) is 22.6. The van der Waals surface area contributed by atoms with Gasteiger partial charge in [0.15, 0.2) is 0 Å². The molecule has 2 aliphatic heterocycles. The Hall–Kier alpha value is -3.08. The summed E-state index contributed by atoms with van der Waals surface area (Å²) in [6.07, 6.45) is -1.61. The Morgan fingerprint density at radius 2 is 2.03 bits per heavy atom. The smallest absolute Gasteiger partial charge is 0.475 e. The van der Waals surface area contributed by atoms with Crippen LogP contribution in [0.15, 0.2) is 41.1 Å². The first-order chi connectivity index (χ1) is 14.7. The number of nitrogens with one attached hydrogen (secondary N) is 1. The molecule has 0 saturated carbocycles. The van der Waals surface area contributed by atoms with Crippen molar-refractivity contribution in [3.8, 4) is 0 Å². The lowest BCUT2D eigenvalue weighted by molar-refractivity contribution is -0.192. The molecule has 2 aromatic heterocycles. The molecule has 31 heavy (non-hydrogen) atoms. The summed E-state index contributed by atoms with van der Waals surface area (Å²) in [7, 11) is 0. The minimum atomic E-state index is -5.08. The first kappa shape index (κ1) is 22.6. The number of amides is 1. The minimum absolute atomic E-state index is 0.0377. The number of aryl methyl sites for hydroxylation is 1. The number of carboxylic acid groups (broad SMARTS) is 1. The molecule has 2 aromatic rings. The molecule has 11 heteroatoms. The van der Waals surface area contributed by atoms with Crippen molar-refractivity contribution in [3.05, 3.63) is 48.0 Å². The van der Waals surface area contributed by atoms with Gasteiger partial charge in [-0.3, -0.25) is 4.79 Å². The fourth-order valence-electron chi connectivity index (χ4n) is 3.66. The highest BCUT2D eigenvalue weighted by atomic mass is 19.4. The Morgan fingerprint density at radius 3 is 2.61 bits per heavy atom. The number of hydrogen-bond donors (Lipinski definition) is 2. The van der Waals surface area contributed by atoms with Crippen LogP contribution in [0.1, 0.15) is 16.1 Å². The Bertz CT molecular complexity index is 903. The lowest BCUT2D eigenvalue weighted by Crippen LogP contribution is -2.32. The van der Waals surface area contributed by atoms with Crippen molar-refractivity contribution in [2.75, 3.05) is 31.6 Å². The van der Waals surface area contributed by atoms with Crippen molar-refractivity contribution in [1.29, 1.82) is 0 Å². The van der Waals surface area contributed by atoms with Crippen LogP contribution < -0.4 is 5.32 Å². The molecule has 168 valence electrons. The summed E-state index contributed by atoms with van der Waals surface area (Å²) in [6, 6.07) is 7.57. The summed E-state index contributed by atoms with van der Waals surface area (Å²) in [5.41, 5.74) is 0.651. The number of aliphatic carboxylic acids is 1. The molecule has 0 aromatic carbocycles. The Morgan fingerprint density at radius 1 is 1.29 bits per heavy atom. The number of pyridine rings is 1. The van der Waals surface area contributed by atoms with Crippen molar-refractivity contribution in [1.82, 2.24) is 9.88 Å². The molecule has 2 N–H and O–H groups in total. The summed E-state index contributed by atoms with van der Waals surface area (Å²) in [4.78, 5) is 27.7. The van der Waals surface area contributed by atoms with Gasteiger partial charge >= 0.3 is 12.1 Å². The monoisotopic (exact) mass is 441 g/mol. The summed E-state index contributed by atoms with van der Waals surface area (Å²) < 4.78 is 42.9. The maximum atomic E-state index is 12.6. The molecule has 4 heterocycles. The number of fused-ring (bicyclic) bond motifs is 1. The van der Waals surface area contributed by atoms with Crippen molar-refractivity contribution < 1.29 is 37.0 Å². The van der Waals surface area contributed by atoms with Crippen LogP contribution in [0.25, 0.3) is 0 Å². The molecule has 3 atom stereocenters. The number of nitrogens with zero attached hydrogens (tertiary/aromatic N) is 2. The molecule has 0 bridgehead atoms. The van der Waals surface area contributed by atoms with Gasteiger partial charge in [0.05, 0.1) is 24.5 Å². The Labute approximate surface area is 176 Å². The fourth-order valence-corrected chi connectivity index (χ4v) is 3.66. The standard InChI is InChI=1S/C18H21N3O3.C2HF3O2/c1-12-14(5-7-23-12)18(22)21-9-15-13(11-24-16(15)10-21)8-20-17-4-2-3-6-19-17;3-2(4,5)1(6)7/h2-7,13,15-16H,8-11H2,1H3,(H,19,20);(H,6,7)/t13-,15+,16+;/m0./s1. The molecule has 0 radical (unpaired) electrons. The second kappa shape index (κ2) is 9.38. The number of ether oxygens (including phenoxy) is 1. The van der Waals surface area contributed by atoms with E-state index in [0.717, 1.165) is 25.5 Å². The second-order valence-electron chi connectivity index (χ2n) is 7.30. The molecule has 2 aliphatic rings. The van der Waals surface area contributed by atoms with E-state index in [1.165, 1.54) is 0 Å². The van der Waals surface area contributed by atoms with E-state index in [-0.39, 0.29) is 12.0 Å². The van der Waals surface area contributed by atoms with E-state index in [1.807, 2.05) is 30.0 Å². The lowest BCUT2D eigenvalue weighted by atomic mass is 9.93. The molecule has 0 aliphatic carbocycles. The van der Waals surface area contributed by atoms with Gasteiger partial charge in [0.25, 0.3) is 5.91 Å². The number of likely N-dealkylation sites (tertiary alicyclic amines) is 1. The van der Waals surface area contributed by atoms with Crippen LogP contribution in [0.3, 0.4) is 0 Å². The molecular weight excluding hydrogens is 419 g/mol. The number of carbonyl (C=O) groups is 2. The van der Waals surface area contributed by atoms with Crippen molar-refractivity contribution in [2.45, 2.75) is 19.2 Å². The predicted molar refractivity (Wildman–Crippen MR) is 102 cm³/mol. The number of rotatable bonds is 4. The fraction of sp³-hybridized carbons (Fsp3) is 0.450. The molecule has 0 unspecified atom stereocenters. The van der Waals surface area contributed by atoms with Crippen LogP contribution in [0.5, 0.6) is 0 Å². The molecule has 2 saturated heterocycles. The van der Waals surface area contributed by atoms with E-state index in [1.54, 1.807) is 18.5 Å². The molecule has 8 nitrogen and oxygen atoms in total. The highest BCUT2D eigenvalue weighted by Crippen LogP contribution is 2.34. The summed E-state index contributed by atoms with van der Waals surface area (Å²) in [5.74, 6) is -0.409. The van der Waals surface area contributed by atoms with Crippen LogP contribution in [-0.2, 0) is 9.53 Å². The number of hydrogen-bond acceptors (Lipinski definition) is 6. The third-order valence-electron chi connectivity index (χ3n) is 5.27. The molecular formula is C20H22F3N3O5. The average Bonchev–Trinajstić information content (AvgIpc) is 3.42. The van der Waals surface area contributed by atoms with Crippen molar-refractivity contribution in [2.24, 2.45) is 11.8 Å². The van der Waals surface area contributed by atoms with Crippen LogP contribution in [0, 0.1) is 18.8 Å². The van der Waals surface area contributed by atoms with E-state index >= 15 is 0 Å². The quantitative estimate of drug-likeness (QED) is 0.752. The van der Waals surface area contributed by atoms with Crippen molar-refractivity contribution in [3.63, 3.8) is 0 Å². The molecule has 4 rings (SSSR count). The third kappa shape index (κ3) is 5.54. The topological polar surface area (TPSA) is 105 Å². The van der Waals surface area contributed by atoms with E-state index in [2.05, 4.69) is 10.3 Å². The largest absolute Gasteiger partial charge is 0.490 e. The van der Waals surface area contributed by atoms with Gasteiger partial charge in [-0.15, -0.1) is 0 Å². The maximum Gasteiger partial charge on any atom is 0.490 e. The number of anilines is 1. The number of carboxylic acids is 1. The summed E-state index contributed by atoms with van der Waals surface area (Å²) in [5, 5.41) is 10.5. The van der Waals surface area contributed by atoms with Crippen LogP contribution >= 0.6 is 0 Å². The van der Waals surface area contributed by atoms with E-state index in [0.29, 0.717) is 29.7 Å². The molecule has 1 amide bonds. The van der Waals surface area contributed by atoms with Crippen LogP contribution in [-0.4, -0.2) is 65.4 Å². The normalized spacial score (nSPS) is 22.5. The van der Waals surface area contributed by atoms with Gasteiger partial charge in [0.1, 0.15) is 11.6 Å². The Kier molecular flexibility index (Phi) is 6.84. The third-order valence-corrected chi connectivity index (χ3v) is 5.27.